The van der Waals surface area contributed by atoms with Gasteiger partial charge in [-0.05, 0) is 36.4 Å². The molecule has 0 bridgehead atoms. The van der Waals surface area contributed by atoms with E-state index in [2.05, 4.69) is 5.32 Å². The molecular formula is C15H10Cl3NO3. The second-order valence-corrected chi connectivity index (χ2v) is 5.45. The highest BCUT2D eigenvalue weighted by Crippen LogP contribution is 2.29. The van der Waals surface area contributed by atoms with E-state index in [0.29, 0.717) is 21.3 Å². The number of benzene rings is 2. The second kappa shape index (κ2) is 7.49. The number of ether oxygens (including phenoxy) is 1. The van der Waals surface area contributed by atoms with E-state index < -0.39 is 18.5 Å². The lowest BCUT2D eigenvalue weighted by molar-refractivity contribution is -0.119. The van der Waals surface area contributed by atoms with Crippen molar-refractivity contribution in [3.8, 4) is 0 Å². The monoisotopic (exact) mass is 357 g/mol. The highest BCUT2D eigenvalue weighted by Gasteiger charge is 2.12. The molecule has 0 aliphatic carbocycles. The number of carbonyl (C=O) groups excluding carboxylic acids is 2. The summed E-state index contributed by atoms with van der Waals surface area (Å²) in [7, 11) is 0. The molecule has 0 unspecified atom stereocenters. The maximum absolute atomic E-state index is 11.8. The first kappa shape index (κ1) is 16.6. The van der Waals surface area contributed by atoms with Gasteiger partial charge < -0.3 is 10.1 Å². The van der Waals surface area contributed by atoms with Crippen molar-refractivity contribution in [3.05, 3.63) is 63.1 Å². The number of esters is 1. The molecular weight excluding hydrogens is 349 g/mol. The van der Waals surface area contributed by atoms with Crippen molar-refractivity contribution >= 4 is 52.4 Å². The number of amides is 1. The number of hydrogen-bond donors (Lipinski definition) is 1. The molecule has 0 saturated heterocycles. The second-order valence-electron chi connectivity index (χ2n) is 4.23. The molecule has 0 radical (unpaired) electrons. The van der Waals surface area contributed by atoms with Crippen LogP contribution < -0.4 is 5.32 Å². The van der Waals surface area contributed by atoms with Crippen LogP contribution in [0, 0.1) is 0 Å². The molecule has 0 aliphatic heterocycles. The van der Waals surface area contributed by atoms with Gasteiger partial charge in [-0.15, -0.1) is 0 Å². The topological polar surface area (TPSA) is 55.4 Å². The first-order chi connectivity index (χ1) is 10.5. The van der Waals surface area contributed by atoms with Gasteiger partial charge in [0.25, 0.3) is 5.91 Å². The van der Waals surface area contributed by atoms with Gasteiger partial charge in [0.2, 0.25) is 0 Å². The van der Waals surface area contributed by atoms with Gasteiger partial charge in [-0.25, -0.2) is 4.79 Å². The van der Waals surface area contributed by atoms with E-state index >= 15 is 0 Å². The minimum Gasteiger partial charge on any atom is -0.452 e. The predicted molar refractivity (Wildman–Crippen MR) is 86.8 cm³/mol. The summed E-state index contributed by atoms with van der Waals surface area (Å²) in [5, 5.41) is 3.56. The molecule has 0 heterocycles. The molecule has 2 aromatic carbocycles. The van der Waals surface area contributed by atoms with Crippen molar-refractivity contribution in [1.29, 1.82) is 0 Å². The Morgan fingerprint density at radius 2 is 1.68 bits per heavy atom. The first-order valence-electron chi connectivity index (χ1n) is 6.14. The van der Waals surface area contributed by atoms with Gasteiger partial charge in [-0.3, -0.25) is 4.79 Å². The summed E-state index contributed by atoms with van der Waals surface area (Å²) < 4.78 is 4.90. The lowest BCUT2D eigenvalue weighted by Gasteiger charge is -2.08. The SMILES string of the molecule is O=C(COC(=O)c1ccc(Cl)cc1)Nc1cccc(Cl)c1Cl. The third-order valence-corrected chi connectivity index (χ3v) is 3.71. The molecule has 2 aromatic rings. The zero-order valence-electron chi connectivity index (χ0n) is 11.1. The van der Waals surface area contributed by atoms with Crippen LogP contribution in [0.5, 0.6) is 0 Å². The number of halogens is 3. The molecule has 0 spiro atoms. The predicted octanol–water partition coefficient (Wildman–Crippen LogP) is 4.44. The van der Waals surface area contributed by atoms with E-state index in [1.165, 1.54) is 12.1 Å². The Morgan fingerprint density at radius 3 is 2.36 bits per heavy atom. The highest BCUT2D eigenvalue weighted by molar-refractivity contribution is 6.44. The summed E-state index contributed by atoms with van der Waals surface area (Å²) in [5.74, 6) is -1.14. The normalized spacial score (nSPS) is 10.1. The molecule has 0 saturated carbocycles. The van der Waals surface area contributed by atoms with E-state index in [-0.39, 0.29) is 5.02 Å². The van der Waals surface area contributed by atoms with E-state index in [9.17, 15) is 9.59 Å². The molecule has 7 heteroatoms. The summed E-state index contributed by atoms with van der Waals surface area (Å²) in [5.41, 5.74) is 0.652. The highest BCUT2D eigenvalue weighted by atomic mass is 35.5. The average molecular weight is 359 g/mol. The zero-order chi connectivity index (χ0) is 16.1. The number of carbonyl (C=O) groups is 2. The molecule has 0 aliphatic rings. The van der Waals surface area contributed by atoms with Gasteiger partial charge in [0.15, 0.2) is 6.61 Å². The van der Waals surface area contributed by atoms with Crippen molar-refractivity contribution in [2.24, 2.45) is 0 Å². The van der Waals surface area contributed by atoms with Crippen molar-refractivity contribution in [3.63, 3.8) is 0 Å². The van der Waals surface area contributed by atoms with E-state index in [0.717, 1.165) is 0 Å². The summed E-state index contributed by atoms with van der Waals surface area (Å²) in [6, 6.07) is 11.0. The standard InChI is InChI=1S/C15H10Cl3NO3/c16-10-6-4-9(5-7-10)15(21)22-8-13(20)19-12-3-1-2-11(17)14(12)18/h1-7H,8H2,(H,19,20). The minimum absolute atomic E-state index is 0.224. The third kappa shape index (κ3) is 4.37. The smallest absolute Gasteiger partial charge is 0.338 e. The molecule has 114 valence electrons. The fourth-order valence-electron chi connectivity index (χ4n) is 1.59. The molecule has 1 N–H and O–H groups in total. The number of nitrogens with one attached hydrogen (secondary N) is 1. The molecule has 1 amide bonds. The number of anilines is 1. The Kier molecular flexibility index (Phi) is 5.66. The van der Waals surface area contributed by atoms with Gasteiger partial charge >= 0.3 is 5.97 Å². The summed E-state index contributed by atoms with van der Waals surface area (Å²) in [6.45, 7) is -0.440. The van der Waals surface area contributed by atoms with E-state index in [1.807, 2.05) is 0 Å². The minimum atomic E-state index is -0.621. The van der Waals surface area contributed by atoms with Crippen molar-refractivity contribution in [2.75, 3.05) is 11.9 Å². The average Bonchev–Trinajstić information content (AvgIpc) is 2.50. The maximum atomic E-state index is 11.8. The van der Waals surface area contributed by atoms with E-state index in [4.69, 9.17) is 39.5 Å². The largest absolute Gasteiger partial charge is 0.452 e. The first-order valence-corrected chi connectivity index (χ1v) is 7.27. The van der Waals surface area contributed by atoms with Gasteiger partial charge in [0.1, 0.15) is 0 Å². The van der Waals surface area contributed by atoms with Crippen LogP contribution in [-0.2, 0) is 9.53 Å². The van der Waals surface area contributed by atoms with Crippen LogP contribution in [0.4, 0.5) is 5.69 Å². The van der Waals surface area contributed by atoms with Crippen LogP contribution in [0.25, 0.3) is 0 Å². The Hall–Kier alpha value is -1.75. The maximum Gasteiger partial charge on any atom is 0.338 e. The van der Waals surface area contributed by atoms with Gasteiger partial charge in [0.05, 0.1) is 21.3 Å². The zero-order valence-corrected chi connectivity index (χ0v) is 13.4. The lowest BCUT2D eigenvalue weighted by atomic mass is 10.2. The molecule has 2 rings (SSSR count). The number of hydrogen-bond acceptors (Lipinski definition) is 3. The summed E-state index contributed by atoms with van der Waals surface area (Å²) in [6.07, 6.45) is 0. The molecule has 4 nitrogen and oxygen atoms in total. The van der Waals surface area contributed by atoms with Crippen LogP contribution in [-0.4, -0.2) is 18.5 Å². The van der Waals surface area contributed by atoms with E-state index in [1.54, 1.807) is 30.3 Å². The van der Waals surface area contributed by atoms with Crippen LogP contribution in [0.3, 0.4) is 0 Å². The Bertz CT molecular complexity index is 702. The third-order valence-electron chi connectivity index (χ3n) is 2.64. The fourth-order valence-corrected chi connectivity index (χ4v) is 2.06. The summed E-state index contributed by atoms with van der Waals surface area (Å²) in [4.78, 5) is 23.5. The fraction of sp³-hybridized carbons (Fsp3) is 0.0667. The van der Waals surface area contributed by atoms with Gasteiger partial charge in [0, 0.05) is 5.02 Å². The summed E-state index contributed by atoms with van der Waals surface area (Å²) >= 11 is 17.5. The molecule has 0 atom stereocenters. The van der Waals surface area contributed by atoms with Gasteiger partial charge in [-0.2, -0.15) is 0 Å². The van der Waals surface area contributed by atoms with Crippen molar-refractivity contribution < 1.29 is 14.3 Å². The van der Waals surface area contributed by atoms with Crippen LogP contribution in [0.15, 0.2) is 42.5 Å². The quantitative estimate of drug-likeness (QED) is 0.822. The van der Waals surface area contributed by atoms with Gasteiger partial charge in [-0.1, -0.05) is 40.9 Å². The lowest BCUT2D eigenvalue weighted by Crippen LogP contribution is -2.21. The molecule has 0 fully saturated rings. The Morgan fingerprint density at radius 1 is 1.00 bits per heavy atom. The number of rotatable bonds is 4. The van der Waals surface area contributed by atoms with Crippen LogP contribution >= 0.6 is 34.8 Å². The Balaban J connectivity index is 1.91. The van der Waals surface area contributed by atoms with Crippen molar-refractivity contribution in [2.45, 2.75) is 0 Å². The molecule has 0 aromatic heterocycles. The van der Waals surface area contributed by atoms with Crippen LogP contribution in [0.2, 0.25) is 15.1 Å². The Labute approximate surface area is 141 Å². The van der Waals surface area contributed by atoms with Crippen LogP contribution in [0.1, 0.15) is 10.4 Å². The van der Waals surface area contributed by atoms with Crippen molar-refractivity contribution in [1.82, 2.24) is 0 Å². The molecule has 22 heavy (non-hydrogen) atoms.